The van der Waals surface area contributed by atoms with E-state index < -0.39 is 0 Å². The van der Waals surface area contributed by atoms with Gasteiger partial charge in [-0.05, 0) is 0 Å². The van der Waals surface area contributed by atoms with Gasteiger partial charge in [0.15, 0.2) is 0 Å². The Morgan fingerprint density at radius 2 is 1.77 bits per heavy atom. The molecule has 0 spiro atoms. The van der Waals surface area contributed by atoms with Crippen molar-refractivity contribution in [1.82, 2.24) is 0 Å². The molecule has 1 aromatic carbocycles. The van der Waals surface area contributed by atoms with Gasteiger partial charge < -0.3 is 0 Å². The van der Waals surface area contributed by atoms with Crippen molar-refractivity contribution in [2.45, 2.75) is 6.92 Å². The summed E-state index contributed by atoms with van der Waals surface area (Å²) in [7, 11) is 0. The van der Waals surface area contributed by atoms with E-state index in [1.165, 1.54) is 19.1 Å². The molecule has 0 atom stereocenters. The number of benzene rings is 1. The van der Waals surface area contributed by atoms with Crippen LogP contribution in [0.25, 0.3) is 10.0 Å². The minimum atomic E-state index is 0.547. The molecule has 0 unspecified atom stereocenters. The fraction of sp³-hybridized carbons (Fsp3) is 0.0909. The van der Waals surface area contributed by atoms with E-state index in [0.717, 1.165) is 0 Å². The SMILES string of the molecule is Cc1ccc(-c2[se]ccc2I)cc1. The first-order valence-corrected chi connectivity index (χ1v) is 7.00. The second-order valence-corrected chi connectivity index (χ2v) is 6.05. The summed E-state index contributed by atoms with van der Waals surface area (Å²) in [6, 6.07) is 11.0. The zero-order chi connectivity index (χ0) is 9.26. The Hall–Kier alpha value is -0.0505. The van der Waals surface area contributed by atoms with Crippen LogP contribution >= 0.6 is 22.6 Å². The molecule has 0 radical (unpaired) electrons. The normalized spacial score (nSPS) is 10.3. The molecule has 0 amide bonds. The maximum atomic E-state index is 2.41. The summed E-state index contributed by atoms with van der Waals surface area (Å²) in [6.07, 6.45) is 0. The number of hydrogen-bond donors (Lipinski definition) is 0. The molecule has 0 saturated heterocycles. The van der Waals surface area contributed by atoms with Gasteiger partial charge in [-0.1, -0.05) is 0 Å². The van der Waals surface area contributed by atoms with Crippen LogP contribution in [0, 0.1) is 10.5 Å². The molecule has 2 rings (SSSR count). The van der Waals surface area contributed by atoms with Gasteiger partial charge in [0, 0.05) is 0 Å². The summed E-state index contributed by atoms with van der Waals surface area (Å²) < 4.78 is 2.93. The minimum absolute atomic E-state index is 0.547. The standard InChI is InChI=1S/C11H9ISe/c1-8-2-4-9(5-3-8)11-10(12)6-7-13-11/h2-7H,1H3. The van der Waals surface area contributed by atoms with Gasteiger partial charge in [0.25, 0.3) is 0 Å². The molecule has 0 saturated carbocycles. The fourth-order valence-electron chi connectivity index (χ4n) is 1.20. The van der Waals surface area contributed by atoms with E-state index in [-0.39, 0.29) is 0 Å². The van der Waals surface area contributed by atoms with Crippen molar-refractivity contribution in [3.8, 4) is 10.0 Å². The van der Waals surface area contributed by atoms with Crippen LogP contribution in [-0.2, 0) is 0 Å². The van der Waals surface area contributed by atoms with Crippen LogP contribution in [0.15, 0.2) is 35.3 Å². The zero-order valence-corrected chi connectivity index (χ0v) is 11.1. The first-order chi connectivity index (χ1) is 6.27. The van der Waals surface area contributed by atoms with Crippen LogP contribution in [0.2, 0.25) is 0 Å². The molecule has 2 heteroatoms. The van der Waals surface area contributed by atoms with E-state index in [1.54, 1.807) is 0 Å². The average molecular weight is 347 g/mol. The van der Waals surface area contributed by atoms with Gasteiger partial charge in [-0.15, -0.1) is 0 Å². The predicted octanol–water partition coefficient (Wildman–Crippen LogP) is 3.32. The van der Waals surface area contributed by atoms with Crippen LogP contribution in [0.4, 0.5) is 0 Å². The van der Waals surface area contributed by atoms with E-state index in [1.807, 2.05) is 0 Å². The molecule has 1 aromatic heterocycles. The van der Waals surface area contributed by atoms with Crippen molar-refractivity contribution in [3.63, 3.8) is 0 Å². The van der Waals surface area contributed by atoms with Crippen molar-refractivity contribution in [2.24, 2.45) is 0 Å². The molecule has 0 N–H and O–H groups in total. The van der Waals surface area contributed by atoms with Crippen LogP contribution in [0.3, 0.4) is 0 Å². The number of aryl methyl sites for hydroxylation is 1. The topological polar surface area (TPSA) is 0 Å². The van der Waals surface area contributed by atoms with E-state index in [9.17, 15) is 0 Å². The first-order valence-electron chi connectivity index (χ1n) is 4.07. The average Bonchev–Trinajstić information content (AvgIpc) is 2.53. The molecule has 0 aliphatic carbocycles. The van der Waals surface area contributed by atoms with Gasteiger partial charge in [-0.3, -0.25) is 0 Å². The maximum absolute atomic E-state index is 2.41. The Morgan fingerprint density at radius 1 is 1.08 bits per heavy atom. The Morgan fingerprint density at radius 3 is 2.31 bits per heavy atom. The second kappa shape index (κ2) is 3.99. The fourth-order valence-corrected chi connectivity index (χ4v) is 4.57. The van der Waals surface area contributed by atoms with Crippen molar-refractivity contribution in [1.29, 1.82) is 0 Å². The summed E-state index contributed by atoms with van der Waals surface area (Å²) in [5, 5.41) is 0. The Balaban J connectivity index is 2.47. The Labute approximate surface area is 97.9 Å². The van der Waals surface area contributed by atoms with Crippen molar-refractivity contribution in [3.05, 3.63) is 44.4 Å². The third-order valence-electron chi connectivity index (χ3n) is 1.93. The van der Waals surface area contributed by atoms with Crippen molar-refractivity contribution in [2.75, 3.05) is 0 Å². The summed E-state index contributed by atoms with van der Waals surface area (Å²) in [5.41, 5.74) is 2.72. The van der Waals surface area contributed by atoms with Gasteiger partial charge in [0.2, 0.25) is 0 Å². The number of hydrogen-bond acceptors (Lipinski definition) is 0. The molecule has 1 heterocycles. The predicted molar refractivity (Wildman–Crippen MR) is 66.3 cm³/mol. The second-order valence-electron chi connectivity index (χ2n) is 2.96. The molecule has 0 fully saturated rings. The number of rotatable bonds is 1. The summed E-state index contributed by atoms with van der Waals surface area (Å²) in [6.45, 7) is 2.13. The third kappa shape index (κ3) is 2.06. The van der Waals surface area contributed by atoms with Gasteiger partial charge in [0.05, 0.1) is 0 Å². The van der Waals surface area contributed by atoms with Crippen LogP contribution in [-0.4, -0.2) is 14.5 Å². The molecule has 0 bridgehead atoms. The van der Waals surface area contributed by atoms with Gasteiger partial charge in [-0.2, -0.15) is 0 Å². The van der Waals surface area contributed by atoms with Crippen molar-refractivity contribution >= 4 is 37.1 Å². The van der Waals surface area contributed by atoms with E-state index in [2.05, 4.69) is 64.8 Å². The van der Waals surface area contributed by atoms with E-state index in [4.69, 9.17) is 0 Å². The van der Waals surface area contributed by atoms with Crippen molar-refractivity contribution < 1.29 is 0 Å². The summed E-state index contributed by atoms with van der Waals surface area (Å²) >= 11 is 2.96. The van der Waals surface area contributed by atoms with Crippen LogP contribution < -0.4 is 0 Å². The molecule has 0 nitrogen and oxygen atoms in total. The Bertz CT molecular complexity index is 400. The molecular weight excluding hydrogens is 338 g/mol. The third-order valence-corrected chi connectivity index (χ3v) is 5.67. The van der Waals surface area contributed by atoms with Gasteiger partial charge in [0.1, 0.15) is 0 Å². The first kappa shape index (κ1) is 9.50. The molecular formula is C11H9ISe. The van der Waals surface area contributed by atoms with Gasteiger partial charge in [-0.25, -0.2) is 0 Å². The molecule has 2 aromatic rings. The monoisotopic (exact) mass is 348 g/mol. The summed E-state index contributed by atoms with van der Waals surface area (Å²) in [5.74, 6) is 0. The molecule has 0 aliphatic heterocycles. The summed E-state index contributed by atoms with van der Waals surface area (Å²) in [4.78, 5) is 2.28. The molecule has 66 valence electrons. The zero-order valence-electron chi connectivity index (χ0n) is 7.25. The quantitative estimate of drug-likeness (QED) is 0.549. The van der Waals surface area contributed by atoms with E-state index >= 15 is 0 Å². The van der Waals surface area contributed by atoms with Crippen LogP contribution in [0.1, 0.15) is 5.56 Å². The van der Waals surface area contributed by atoms with Gasteiger partial charge >= 0.3 is 98.4 Å². The number of halogens is 1. The molecule has 0 aliphatic rings. The van der Waals surface area contributed by atoms with E-state index in [0.29, 0.717) is 14.5 Å². The Kier molecular flexibility index (Phi) is 2.92. The van der Waals surface area contributed by atoms with Crippen LogP contribution in [0.5, 0.6) is 0 Å². The molecule has 13 heavy (non-hydrogen) atoms.